The zero-order valence-corrected chi connectivity index (χ0v) is 13.7. The highest BCUT2D eigenvalue weighted by molar-refractivity contribution is 7.89. The highest BCUT2D eigenvalue weighted by atomic mass is 35.5. The molecular formula is C15H15ClN2O4S. The highest BCUT2D eigenvalue weighted by Gasteiger charge is 2.16. The Morgan fingerprint density at radius 2 is 1.87 bits per heavy atom. The molecule has 0 unspecified atom stereocenters. The fourth-order valence-corrected chi connectivity index (χ4v) is 3.38. The van der Waals surface area contributed by atoms with Crippen LogP contribution in [0.1, 0.15) is 12.0 Å². The maximum Gasteiger partial charge on any atom is 0.270 e. The summed E-state index contributed by atoms with van der Waals surface area (Å²) in [6.07, 6.45) is 1.20. The first kappa shape index (κ1) is 17.4. The first-order valence-electron chi connectivity index (χ1n) is 6.88. The monoisotopic (exact) mass is 354 g/mol. The zero-order chi connectivity index (χ0) is 16.9. The molecule has 8 heteroatoms. The van der Waals surface area contributed by atoms with Crippen LogP contribution in [0.5, 0.6) is 0 Å². The lowest BCUT2D eigenvalue weighted by Crippen LogP contribution is -2.25. The molecule has 2 rings (SSSR count). The summed E-state index contributed by atoms with van der Waals surface area (Å²) in [6.45, 7) is 0.219. The molecule has 0 spiro atoms. The topological polar surface area (TPSA) is 89.3 Å². The maximum absolute atomic E-state index is 12.1. The molecule has 0 aromatic heterocycles. The molecule has 0 atom stereocenters. The van der Waals surface area contributed by atoms with Gasteiger partial charge in [0.05, 0.1) is 9.82 Å². The van der Waals surface area contributed by atoms with Gasteiger partial charge in [-0.25, -0.2) is 13.1 Å². The van der Waals surface area contributed by atoms with E-state index in [0.29, 0.717) is 17.9 Å². The van der Waals surface area contributed by atoms with Gasteiger partial charge in [0.1, 0.15) is 0 Å². The Hall–Kier alpha value is -1.96. The predicted octanol–water partition coefficient (Wildman–Crippen LogP) is 3.16. The summed E-state index contributed by atoms with van der Waals surface area (Å²) in [4.78, 5) is 9.96. The van der Waals surface area contributed by atoms with Gasteiger partial charge in [-0.1, -0.05) is 35.9 Å². The minimum Gasteiger partial charge on any atom is -0.258 e. The molecule has 0 heterocycles. The van der Waals surface area contributed by atoms with Crippen molar-refractivity contribution in [3.8, 4) is 0 Å². The van der Waals surface area contributed by atoms with Gasteiger partial charge in [-0.15, -0.1) is 0 Å². The lowest BCUT2D eigenvalue weighted by atomic mass is 10.1. The third kappa shape index (κ3) is 4.75. The van der Waals surface area contributed by atoms with Crippen LogP contribution in [0.15, 0.2) is 53.4 Å². The van der Waals surface area contributed by atoms with E-state index in [0.717, 1.165) is 11.6 Å². The van der Waals surface area contributed by atoms with Gasteiger partial charge in [0.2, 0.25) is 10.0 Å². The number of sulfonamides is 1. The SMILES string of the molecule is O=[N+]([O-])c1cccc(S(=O)(=O)NCCCc2ccccc2Cl)c1. The van der Waals surface area contributed by atoms with Crippen molar-refractivity contribution in [1.29, 1.82) is 0 Å². The Morgan fingerprint density at radius 3 is 2.57 bits per heavy atom. The standard InChI is InChI=1S/C15H15ClN2O4S/c16-15-9-2-1-5-12(15)6-4-10-17-23(21,22)14-8-3-7-13(11-14)18(19)20/h1-3,5,7-9,11,17H,4,6,10H2. The van der Waals surface area contributed by atoms with Crippen LogP contribution in [0.3, 0.4) is 0 Å². The summed E-state index contributed by atoms with van der Waals surface area (Å²) in [7, 11) is -3.77. The largest absolute Gasteiger partial charge is 0.270 e. The first-order chi connectivity index (χ1) is 10.9. The number of nitrogens with zero attached hydrogens (tertiary/aromatic N) is 1. The number of aryl methyl sites for hydroxylation is 1. The van der Waals surface area contributed by atoms with Crippen LogP contribution in [-0.4, -0.2) is 19.9 Å². The van der Waals surface area contributed by atoms with Crippen LogP contribution in [0.25, 0.3) is 0 Å². The van der Waals surface area contributed by atoms with Gasteiger partial charge >= 0.3 is 0 Å². The number of benzene rings is 2. The molecule has 122 valence electrons. The molecule has 0 amide bonds. The average Bonchev–Trinajstić information content (AvgIpc) is 2.53. The molecule has 0 aliphatic heterocycles. The third-order valence-electron chi connectivity index (χ3n) is 3.21. The number of nitro groups is 1. The minimum atomic E-state index is -3.77. The van der Waals surface area contributed by atoms with Gasteiger partial charge in [0.25, 0.3) is 5.69 Å². The summed E-state index contributed by atoms with van der Waals surface area (Å²) in [5.41, 5.74) is 0.688. The zero-order valence-electron chi connectivity index (χ0n) is 12.1. The Kier molecular flexibility index (Phi) is 5.70. The molecule has 0 fully saturated rings. The molecule has 1 N–H and O–H groups in total. The van der Waals surface area contributed by atoms with Crippen LogP contribution >= 0.6 is 11.6 Å². The number of nitro benzene ring substituents is 1. The number of rotatable bonds is 7. The molecule has 0 saturated heterocycles. The summed E-state index contributed by atoms with van der Waals surface area (Å²) in [5.74, 6) is 0. The molecule has 0 aliphatic carbocycles. The van der Waals surface area contributed by atoms with Crippen molar-refractivity contribution in [2.45, 2.75) is 17.7 Å². The minimum absolute atomic E-state index is 0.121. The van der Waals surface area contributed by atoms with Crippen molar-refractivity contribution in [2.24, 2.45) is 0 Å². The van der Waals surface area contributed by atoms with Crippen LogP contribution in [0.4, 0.5) is 5.69 Å². The number of non-ortho nitro benzene ring substituents is 1. The second-order valence-electron chi connectivity index (χ2n) is 4.85. The maximum atomic E-state index is 12.1. The predicted molar refractivity (Wildman–Crippen MR) is 88.1 cm³/mol. The Labute approximate surface area is 139 Å². The number of hydrogen-bond donors (Lipinski definition) is 1. The van der Waals surface area contributed by atoms with Gasteiger partial charge in [-0.3, -0.25) is 10.1 Å². The van der Waals surface area contributed by atoms with Crippen molar-refractivity contribution in [3.05, 3.63) is 69.2 Å². The second-order valence-corrected chi connectivity index (χ2v) is 7.02. The van der Waals surface area contributed by atoms with Gasteiger partial charge in [-0.05, 0) is 30.5 Å². The molecule has 2 aromatic carbocycles. The number of halogens is 1. The van der Waals surface area contributed by atoms with Crippen molar-refractivity contribution in [1.82, 2.24) is 4.72 Å². The van der Waals surface area contributed by atoms with Crippen LogP contribution < -0.4 is 4.72 Å². The van der Waals surface area contributed by atoms with Gasteiger partial charge in [0.15, 0.2) is 0 Å². The second kappa shape index (κ2) is 7.54. The van der Waals surface area contributed by atoms with E-state index < -0.39 is 14.9 Å². The van der Waals surface area contributed by atoms with Crippen molar-refractivity contribution in [3.63, 3.8) is 0 Å². The van der Waals surface area contributed by atoms with Crippen molar-refractivity contribution < 1.29 is 13.3 Å². The molecular weight excluding hydrogens is 340 g/mol. The fourth-order valence-electron chi connectivity index (χ4n) is 2.03. The lowest BCUT2D eigenvalue weighted by molar-refractivity contribution is -0.385. The lowest BCUT2D eigenvalue weighted by Gasteiger charge is -2.07. The summed E-state index contributed by atoms with van der Waals surface area (Å²) in [6, 6.07) is 12.3. The van der Waals surface area contributed by atoms with Crippen molar-refractivity contribution in [2.75, 3.05) is 6.54 Å². The summed E-state index contributed by atoms with van der Waals surface area (Å²) >= 11 is 6.03. The number of nitrogens with one attached hydrogen (secondary N) is 1. The summed E-state index contributed by atoms with van der Waals surface area (Å²) < 4.78 is 26.7. The van der Waals surface area contributed by atoms with Crippen LogP contribution in [0, 0.1) is 10.1 Å². The summed E-state index contributed by atoms with van der Waals surface area (Å²) in [5, 5.41) is 11.4. The quantitative estimate of drug-likeness (QED) is 0.470. The molecule has 0 aliphatic rings. The molecule has 6 nitrogen and oxygen atoms in total. The van der Waals surface area contributed by atoms with E-state index in [1.165, 1.54) is 18.2 Å². The molecule has 0 radical (unpaired) electrons. The Morgan fingerprint density at radius 1 is 1.13 bits per heavy atom. The number of hydrogen-bond acceptors (Lipinski definition) is 4. The normalized spacial score (nSPS) is 11.3. The van der Waals surface area contributed by atoms with Crippen LogP contribution in [0.2, 0.25) is 5.02 Å². The van der Waals surface area contributed by atoms with E-state index in [9.17, 15) is 18.5 Å². The van der Waals surface area contributed by atoms with E-state index >= 15 is 0 Å². The van der Waals surface area contributed by atoms with Crippen molar-refractivity contribution >= 4 is 27.3 Å². The third-order valence-corrected chi connectivity index (χ3v) is 5.04. The Balaban J connectivity index is 1.95. The van der Waals surface area contributed by atoms with E-state index in [2.05, 4.69) is 4.72 Å². The first-order valence-corrected chi connectivity index (χ1v) is 8.74. The van der Waals surface area contributed by atoms with Gasteiger partial charge in [0, 0.05) is 23.7 Å². The van der Waals surface area contributed by atoms with E-state index in [4.69, 9.17) is 11.6 Å². The van der Waals surface area contributed by atoms with Gasteiger partial charge in [-0.2, -0.15) is 0 Å². The van der Waals surface area contributed by atoms with E-state index in [1.54, 1.807) is 6.07 Å². The highest BCUT2D eigenvalue weighted by Crippen LogP contribution is 2.18. The van der Waals surface area contributed by atoms with E-state index in [1.807, 2.05) is 18.2 Å². The smallest absolute Gasteiger partial charge is 0.258 e. The average molecular weight is 355 g/mol. The molecule has 0 saturated carbocycles. The van der Waals surface area contributed by atoms with Crippen LogP contribution in [-0.2, 0) is 16.4 Å². The molecule has 23 heavy (non-hydrogen) atoms. The Bertz CT molecular complexity index is 809. The van der Waals surface area contributed by atoms with Gasteiger partial charge < -0.3 is 0 Å². The molecule has 0 bridgehead atoms. The molecule has 2 aromatic rings. The van der Waals surface area contributed by atoms with E-state index in [-0.39, 0.29) is 17.1 Å². The fraction of sp³-hybridized carbons (Fsp3) is 0.200.